The molecule has 0 bridgehead atoms. The highest BCUT2D eigenvalue weighted by Gasteiger charge is 2.16. The highest BCUT2D eigenvalue weighted by molar-refractivity contribution is 5.76. The van der Waals surface area contributed by atoms with E-state index in [4.69, 9.17) is 8.83 Å². The standard InChI is InChI=1S/C15H8FN3O5/c16-8-1-3-12-10(5-8)17-14(23-12)7-18-11-6-9(19(21)22)2-4-13(11)24-15(18)20/h1-6H,7H2. The fraction of sp³-hybridized carbons (Fsp3) is 0.0667. The van der Waals surface area contributed by atoms with Gasteiger partial charge in [-0.3, -0.25) is 14.7 Å². The van der Waals surface area contributed by atoms with E-state index >= 15 is 0 Å². The topological polar surface area (TPSA) is 104 Å². The van der Waals surface area contributed by atoms with Crippen LogP contribution < -0.4 is 5.76 Å². The number of non-ortho nitro benzene ring substituents is 1. The fourth-order valence-electron chi connectivity index (χ4n) is 2.46. The van der Waals surface area contributed by atoms with Crippen LogP contribution in [0.5, 0.6) is 0 Å². The lowest BCUT2D eigenvalue weighted by Gasteiger charge is -1.98. The van der Waals surface area contributed by atoms with E-state index in [9.17, 15) is 19.3 Å². The van der Waals surface area contributed by atoms with E-state index in [1.165, 1.54) is 41.0 Å². The van der Waals surface area contributed by atoms with Crippen LogP contribution in [0.15, 0.2) is 50.0 Å². The second-order valence-electron chi connectivity index (χ2n) is 5.08. The minimum atomic E-state index is -0.695. The third-order valence-corrected chi connectivity index (χ3v) is 3.55. The highest BCUT2D eigenvalue weighted by atomic mass is 19.1. The quantitative estimate of drug-likeness (QED) is 0.423. The number of aromatic nitrogens is 2. The maximum atomic E-state index is 13.2. The molecule has 4 rings (SSSR count). The number of rotatable bonds is 3. The molecule has 0 aliphatic rings. The van der Waals surface area contributed by atoms with E-state index in [1.807, 2.05) is 0 Å². The molecule has 0 radical (unpaired) electrons. The Hall–Kier alpha value is -3.49. The molecule has 0 amide bonds. The number of halogens is 1. The zero-order valence-corrected chi connectivity index (χ0v) is 11.9. The monoisotopic (exact) mass is 329 g/mol. The summed E-state index contributed by atoms with van der Waals surface area (Å²) in [5, 5.41) is 10.9. The molecule has 24 heavy (non-hydrogen) atoms. The maximum absolute atomic E-state index is 13.2. The van der Waals surface area contributed by atoms with Gasteiger partial charge in [0.25, 0.3) is 5.69 Å². The third-order valence-electron chi connectivity index (χ3n) is 3.55. The normalized spacial score (nSPS) is 11.4. The first kappa shape index (κ1) is 14.1. The van der Waals surface area contributed by atoms with Crippen LogP contribution in [0.4, 0.5) is 10.1 Å². The Morgan fingerprint density at radius 1 is 1.17 bits per heavy atom. The van der Waals surface area contributed by atoms with Gasteiger partial charge in [0, 0.05) is 18.2 Å². The molecular weight excluding hydrogens is 321 g/mol. The summed E-state index contributed by atoms with van der Waals surface area (Å²) in [6.07, 6.45) is 0. The van der Waals surface area contributed by atoms with Crippen LogP contribution >= 0.6 is 0 Å². The second kappa shape index (κ2) is 5.01. The largest absolute Gasteiger partial charge is 0.439 e. The lowest BCUT2D eigenvalue weighted by Crippen LogP contribution is -2.15. The molecule has 0 N–H and O–H groups in total. The molecular formula is C15H8FN3O5. The molecule has 0 aliphatic carbocycles. The van der Waals surface area contributed by atoms with Crippen molar-refractivity contribution in [1.29, 1.82) is 0 Å². The van der Waals surface area contributed by atoms with E-state index in [0.29, 0.717) is 11.1 Å². The molecule has 2 aromatic heterocycles. The highest BCUT2D eigenvalue weighted by Crippen LogP contribution is 2.22. The van der Waals surface area contributed by atoms with E-state index < -0.39 is 16.5 Å². The molecule has 0 fully saturated rings. The first-order chi connectivity index (χ1) is 11.5. The average Bonchev–Trinajstić information content (AvgIpc) is 3.07. The number of benzene rings is 2. The Labute approximate surface area is 131 Å². The summed E-state index contributed by atoms with van der Waals surface area (Å²) >= 11 is 0. The van der Waals surface area contributed by atoms with Gasteiger partial charge in [0.1, 0.15) is 17.9 Å². The zero-order chi connectivity index (χ0) is 16.8. The number of nitro benzene ring substituents is 1. The summed E-state index contributed by atoms with van der Waals surface area (Å²) in [5.41, 5.74) is 0.988. The van der Waals surface area contributed by atoms with Crippen LogP contribution in [-0.2, 0) is 6.54 Å². The Morgan fingerprint density at radius 2 is 1.96 bits per heavy atom. The Balaban J connectivity index is 1.82. The first-order valence-electron chi connectivity index (χ1n) is 6.84. The molecule has 120 valence electrons. The third kappa shape index (κ3) is 2.22. The summed E-state index contributed by atoms with van der Waals surface area (Å²) in [7, 11) is 0. The first-order valence-corrected chi connectivity index (χ1v) is 6.84. The Bertz CT molecular complexity index is 1160. The van der Waals surface area contributed by atoms with Crippen LogP contribution in [0.2, 0.25) is 0 Å². The van der Waals surface area contributed by atoms with Crippen LogP contribution in [0.25, 0.3) is 22.2 Å². The molecule has 8 nitrogen and oxygen atoms in total. The summed E-state index contributed by atoms with van der Waals surface area (Å²) in [6, 6.07) is 7.72. The molecule has 0 spiro atoms. The van der Waals surface area contributed by atoms with E-state index in [2.05, 4.69) is 4.98 Å². The summed E-state index contributed by atoms with van der Waals surface area (Å²) in [4.78, 5) is 26.4. The number of nitrogens with zero attached hydrogens (tertiary/aromatic N) is 3. The Kier molecular flexibility index (Phi) is 2.95. The molecule has 0 unspecified atom stereocenters. The van der Waals surface area contributed by atoms with Crippen molar-refractivity contribution in [3.63, 3.8) is 0 Å². The van der Waals surface area contributed by atoms with Crippen LogP contribution in [-0.4, -0.2) is 14.5 Å². The molecule has 0 aliphatic heterocycles. The van der Waals surface area contributed by atoms with Gasteiger partial charge in [0.2, 0.25) is 5.89 Å². The van der Waals surface area contributed by atoms with Crippen molar-refractivity contribution in [3.8, 4) is 0 Å². The lowest BCUT2D eigenvalue weighted by molar-refractivity contribution is -0.384. The minimum absolute atomic E-state index is 0.0939. The smallest absolute Gasteiger partial charge is 0.420 e. The molecule has 2 aromatic carbocycles. The number of hydrogen-bond donors (Lipinski definition) is 0. The van der Waals surface area contributed by atoms with Crippen molar-refractivity contribution in [2.75, 3.05) is 0 Å². The minimum Gasteiger partial charge on any atom is -0.439 e. The molecule has 4 aromatic rings. The van der Waals surface area contributed by atoms with Crippen molar-refractivity contribution in [2.45, 2.75) is 6.54 Å². The predicted octanol–water partition coefficient (Wildman–Crippen LogP) is 2.83. The molecule has 0 atom stereocenters. The molecule has 2 heterocycles. The van der Waals surface area contributed by atoms with Crippen molar-refractivity contribution in [2.24, 2.45) is 0 Å². The van der Waals surface area contributed by atoms with Gasteiger partial charge in [0.15, 0.2) is 11.2 Å². The van der Waals surface area contributed by atoms with E-state index in [0.717, 1.165) is 0 Å². The molecule has 9 heteroatoms. The average molecular weight is 329 g/mol. The fourth-order valence-corrected chi connectivity index (χ4v) is 2.46. The van der Waals surface area contributed by atoms with Gasteiger partial charge in [0.05, 0.1) is 10.4 Å². The van der Waals surface area contributed by atoms with Gasteiger partial charge in [-0.25, -0.2) is 14.2 Å². The summed E-state index contributed by atoms with van der Waals surface area (Å²) in [5.74, 6) is -0.991. The lowest BCUT2D eigenvalue weighted by atomic mass is 10.3. The van der Waals surface area contributed by atoms with E-state index in [1.54, 1.807) is 0 Å². The van der Waals surface area contributed by atoms with Crippen molar-refractivity contribution >= 4 is 27.9 Å². The van der Waals surface area contributed by atoms with Crippen LogP contribution in [0, 0.1) is 15.9 Å². The van der Waals surface area contributed by atoms with Gasteiger partial charge >= 0.3 is 5.76 Å². The predicted molar refractivity (Wildman–Crippen MR) is 80.2 cm³/mol. The van der Waals surface area contributed by atoms with Gasteiger partial charge < -0.3 is 8.83 Å². The van der Waals surface area contributed by atoms with Gasteiger partial charge in [-0.1, -0.05) is 0 Å². The SMILES string of the molecule is O=c1oc2ccc([N+](=O)[O-])cc2n1Cc1nc2cc(F)ccc2o1. The number of nitro groups is 1. The van der Waals surface area contributed by atoms with Gasteiger partial charge in [-0.05, 0) is 18.2 Å². The maximum Gasteiger partial charge on any atom is 0.420 e. The van der Waals surface area contributed by atoms with Crippen LogP contribution in [0.1, 0.15) is 5.89 Å². The Morgan fingerprint density at radius 3 is 2.75 bits per heavy atom. The number of hydrogen-bond acceptors (Lipinski definition) is 6. The van der Waals surface area contributed by atoms with Crippen molar-refractivity contribution < 1.29 is 18.1 Å². The summed E-state index contributed by atoms with van der Waals surface area (Å²) in [6.45, 7) is -0.0939. The number of oxazole rings is 2. The second-order valence-corrected chi connectivity index (χ2v) is 5.08. The van der Waals surface area contributed by atoms with Crippen LogP contribution in [0.3, 0.4) is 0 Å². The van der Waals surface area contributed by atoms with E-state index in [-0.39, 0.29) is 29.2 Å². The van der Waals surface area contributed by atoms with Gasteiger partial charge in [-0.15, -0.1) is 0 Å². The zero-order valence-electron chi connectivity index (χ0n) is 11.9. The summed E-state index contributed by atoms with van der Waals surface area (Å²) < 4.78 is 24.9. The molecule has 0 saturated carbocycles. The number of fused-ring (bicyclic) bond motifs is 2. The van der Waals surface area contributed by atoms with Crippen molar-refractivity contribution in [1.82, 2.24) is 9.55 Å². The molecule has 0 saturated heterocycles. The van der Waals surface area contributed by atoms with Gasteiger partial charge in [-0.2, -0.15) is 0 Å². The van der Waals surface area contributed by atoms with Crippen molar-refractivity contribution in [3.05, 3.63) is 68.8 Å².